The fraction of sp³-hybridized carbons (Fsp3) is 0.312. The molecule has 2 heterocycles. The highest BCUT2D eigenvalue weighted by Gasteiger charge is 2.28. The number of methoxy groups -OCH3 is 1. The van der Waals surface area contributed by atoms with Crippen LogP contribution in [-0.2, 0) is 4.79 Å². The fourth-order valence-electron chi connectivity index (χ4n) is 2.58. The van der Waals surface area contributed by atoms with Gasteiger partial charge in [0.2, 0.25) is 5.91 Å². The van der Waals surface area contributed by atoms with Gasteiger partial charge in [0.1, 0.15) is 12.1 Å². The second kappa shape index (κ2) is 6.40. The third kappa shape index (κ3) is 3.26. The van der Waals surface area contributed by atoms with Crippen LogP contribution in [0.4, 0.5) is 5.82 Å². The minimum Gasteiger partial charge on any atom is -0.497 e. The van der Waals surface area contributed by atoms with Gasteiger partial charge in [-0.3, -0.25) is 4.79 Å². The van der Waals surface area contributed by atoms with E-state index in [1.54, 1.807) is 24.5 Å². The molecule has 1 aliphatic rings. The number of carbonyl (C=O) groups is 1. The monoisotopic (exact) mass is 311 g/mol. The van der Waals surface area contributed by atoms with Crippen LogP contribution in [0.1, 0.15) is 6.42 Å². The number of rotatable bonds is 4. The highest BCUT2D eigenvalue weighted by Crippen LogP contribution is 2.19. The van der Waals surface area contributed by atoms with E-state index < -0.39 is 0 Å². The van der Waals surface area contributed by atoms with Crippen LogP contribution in [0.15, 0.2) is 36.8 Å². The molecular formula is C16H17N5O2. The van der Waals surface area contributed by atoms with Gasteiger partial charge in [0.25, 0.3) is 0 Å². The first-order chi connectivity index (χ1) is 11.2. The lowest BCUT2D eigenvalue weighted by Gasteiger charge is -2.08. The second-order valence-corrected chi connectivity index (χ2v) is 5.39. The van der Waals surface area contributed by atoms with Crippen molar-refractivity contribution in [1.82, 2.24) is 14.5 Å². The zero-order chi connectivity index (χ0) is 16.2. The summed E-state index contributed by atoms with van der Waals surface area (Å²) in [4.78, 5) is 18.0. The van der Waals surface area contributed by atoms with Crippen LogP contribution in [-0.4, -0.2) is 40.6 Å². The quantitative estimate of drug-likeness (QED) is 0.868. The van der Waals surface area contributed by atoms with Crippen LogP contribution < -0.4 is 10.1 Å². The Morgan fingerprint density at radius 1 is 1.43 bits per heavy atom. The highest BCUT2D eigenvalue weighted by atomic mass is 16.5. The number of hydrogen-bond donors (Lipinski definition) is 1. The normalized spacial score (nSPS) is 16.9. The van der Waals surface area contributed by atoms with Gasteiger partial charge in [-0.05, 0) is 30.7 Å². The van der Waals surface area contributed by atoms with Gasteiger partial charge in [-0.2, -0.15) is 5.26 Å². The van der Waals surface area contributed by atoms with E-state index in [9.17, 15) is 4.79 Å². The molecule has 1 atom stereocenters. The molecule has 0 bridgehead atoms. The molecule has 1 N–H and O–H groups in total. The minimum absolute atomic E-state index is 0.0947. The van der Waals surface area contributed by atoms with Crippen molar-refractivity contribution in [1.29, 1.82) is 5.26 Å². The number of ether oxygens (including phenoxy) is 1. The van der Waals surface area contributed by atoms with Crippen molar-refractivity contribution in [3.63, 3.8) is 0 Å². The first-order valence-corrected chi connectivity index (χ1v) is 7.33. The maximum atomic E-state index is 12.2. The zero-order valence-corrected chi connectivity index (χ0v) is 12.8. The lowest BCUT2D eigenvalue weighted by Crippen LogP contribution is -2.25. The van der Waals surface area contributed by atoms with Crippen molar-refractivity contribution in [3.8, 4) is 17.6 Å². The molecule has 0 spiro atoms. The van der Waals surface area contributed by atoms with Gasteiger partial charge >= 0.3 is 0 Å². The maximum absolute atomic E-state index is 12.2. The summed E-state index contributed by atoms with van der Waals surface area (Å²) in [6, 6.07) is 7.55. The van der Waals surface area contributed by atoms with Crippen LogP contribution in [0.5, 0.6) is 5.75 Å². The van der Waals surface area contributed by atoms with E-state index in [1.807, 2.05) is 28.8 Å². The van der Waals surface area contributed by atoms with Gasteiger partial charge in [-0.15, -0.1) is 0 Å². The molecule has 1 saturated heterocycles. The average molecular weight is 311 g/mol. The van der Waals surface area contributed by atoms with Gasteiger partial charge < -0.3 is 19.5 Å². The van der Waals surface area contributed by atoms with E-state index in [2.05, 4.69) is 16.5 Å². The Kier molecular flexibility index (Phi) is 4.15. The Bertz CT molecular complexity index is 732. The molecule has 118 valence electrons. The molecule has 1 aromatic carbocycles. The van der Waals surface area contributed by atoms with Gasteiger partial charge in [-0.25, -0.2) is 4.98 Å². The summed E-state index contributed by atoms with van der Waals surface area (Å²) in [6.07, 6.45) is 6.17. The molecule has 7 heteroatoms. The Labute approximate surface area is 134 Å². The van der Waals surface area contributed by atoms with E-state index >= 15 is 0 Å². The van der Waals surface area contributed by atoms with Crippen LogP contribution >= 0.6 is 0 Å². The third-order valence-electron chi connectivity index (χ3n) is 3.90. The number of amides is 1. The van der Waals surface area contributed by atoms with E-state index in [-0.39, 0.29) is 11.8 Å². The fourth-order valence-corrected chi connectivity index (χ4v) is 2.58. The lowest BCUT2D eigenvalue weighted by atomic mass is 10.1. The Balaban J connectivity index is 1.65. The predicted octanol–water partition coefficient (Wildman–Crippen LogP) is 1.62. The van der Waals surface area contributed by atoms with Crippen molar-refractivity contribution in [2.24, 2.45) is 5.92 Å². The molecule has 1 amide bonds. The SMILES string of the molecule is COc1ccc(-n2cnc(NC(=O)[C@H]3CCN(C#N)C3)c2)cc1. The van der Waals surface area contributed by atoms with Crippen molar-refractivity contribution in [2.45, 2.75) is 6.42 Å². The summed E-state index contributed by atoms with van der Waals surface area (Å²) in [5.41, 5.74) is 0.926. The summed E-state index contributed by atoms with van der Waals surface area (Å²) in [7, 11) is 1.62. The van der Waals surface area contributed by atoms with Crippen molar-refractivity contribution in [2.75, 3.05) is 25.5 Å². The topological polar surface area (TPSA) is 83.2 Å². The lowest BCUT2D eigenvalue weighted by molar-refractivity contribution is -0.119. The summed E-state index contributed by atoms with van der Waals surface area (Å²) >= 11 is 0. The van der Waals surface area contributed by atoms with Crippen molar-refractivity contribution in [3.05, 3.63) is 36.8 Å². The molecule has 0 unspecified atom stereocenters. The van der Waals surface area contributed by atoms with Gasteiger partial charge in [0.15, 0.2) is 12.0 Å². The molecule has 2 aromatic rings. The number of aromatic nitrogens is 2. The van der Waals surface area contributed by atoms with E-state index in [4.69, 9.17) is 10.00 Å². The maximum Gasteiger partial charge on any atom is 0.230 e. The molecular weight excluding hydrogens is 294 g/mol. The number of nitrogens with one attached hydrogen (secondary N) is 1. The second-order valence-electron chi connectivity index (χ2n) is 5.39. The standard InChI is InChI=1S/C16H17N5O2/c1-23-14-4-2-13(3-5-14)21-9-15(18-11-21)19-16(22)12-6-7-20(8-12)10-17/h2-5,9,11-12H,6-8H2,1H3,(H,19,22)/t12-/m0/s1. The molecule has 7 nitrogen and oxygen atoms in total. The van der Waals surface area contributed by atoms with Crippen molar-refractivity contribution < 1.29 is 9.53 Å². The molecule has 3 rings (SSSR count). The summed E-state index contributed by atoms with van der Waals surface area (Å²) in [5.74, 6) is 1.02. The number of nitriles is 1. The molecule has 0 saturated carbocycles. The Hall–Kier alpha value is -3.01. The van der Waals surface area contributed by atoms with Crippen molar-refractivity contribution >= 4 is 11.7 Å². The largest absolute Gasteiger partial charge is 0.497 e. The van der Waals surface area contributed by atoms with Crippen LogP contribution in [0.2, 0.25) is 0 Å². The first kappa shape index (κ1) is 14.9. The van der Waals surface area contributed by atoms with Crippen LogP contribution in [0.25, 0.3) is 5.69 Å². The summed E-state index contributed by atoms with van der Waals surface area (Å²) < 4.78 is 6.95. The van der Waals surface area contributed by atoms with E-state index in [1.165, 1.54) is 0 Å². The predicted molar refractivity (Wildman–Crippen MR) is 84.0 cm³/mol. The zero-order valence-electron chi connectivity index (χ0n) is 12.8. The molecule has 1 aromatic heterocycles. The molecule has 0 radical (unpaired) electrons. The number of benzene rings is 1. The van der Waals surface area contributed by atoms with Crippen LogP contribution in [0, 0.1) is 17.4 Å². The molecule has 23 heavy (non-hydrogen) atoms. The summed E-state index contributed by atoms with van der Waals surface area (Å²) in [5, 5.41) is 11.7. The smallest absolute Gasteiger partial charge is 0.230 e. The number of likely N-dealkylation sites (tertiary alicyclic amines) is 1. The first-order valence-electron chi connectivity index (χ1n) is 7.33. The molecule has 1 aliphatic heterocycles. The minimum atomic E-state index is -0.166. The number of nitrogens with zero attached hydrogens (tertiary/aromatic N) is 4. The third-order valence-corrected chi connectivity index (χ3v) is 3.90. The Morgan fingerprint density at radius 3 is 2.87 bits per heavy atom. The van der Waals surface area contributed by atoms with Gasteiger partial charge in [0.05, 0.1) is 19.2 Å². The van der Waals surface area contributed by atoms with Gasteiger partial charge in [-0.1, -0.05) is 0 Å². The Morgan fingerprint density at radius 2 is 2.22 bits per heavy atom. The number of carbonyl (C=O) groups excluding carboxylic acids is 1. The molecule has 0 aliphatic carbocycles. The van der Waals surface area contributed by atoms with E-state index in [0.29, 0.717) is 25.3 Å². The van der Waals surface area contributed by atoms with Gasteiger partial charge in [0, 0.05) is 18.8 Å². The summed E-state index contributed by atoms with van der Waals surface area (Å²) in [6.45, 7) is 1.11. The number of imidazole rings is 1. The highest BCUT2D eigenvalue weighted by molar-refractivity contribution is 5.92. The van der Waals surface area contributed by atoms with Crippen LogP contribution in [0.3, 0.4) is 0 Å². The van der Waals surface area contributed by atoms with E-state index in [0.717, 1.165) is 11.4 Å². The average Bonchev–Trinajstić information content (AvgIpc) is 3.24. The number of anilines is 1. The molecule has 1 fully saturated rings. The number of hydrogen-bond acceptors (Lipinski definition) is 5.